The van der Waals surface area contributed by atoms with Crippen molar-refractivity contribution in [2.45, 2.75) is 18.8 Å². The second-order valence-electron chi connectivity index (χ2n) is 5.14. The zero-order chi connectivity index (χ0) is 14.7. The number of hydrogen-bond acceptors (Lipinski definition) is 5. The molecule has 0 aliphatic carbocycles. The van der Waals surface area contributed by atoms with Crippen LogP contribution in [0.5, 0.6) is 5.75 Å². The van der Waals surface area contributed by atoms with Gasteiger partial charge >= 0.3 is 0 Å². The zero-order valence-electron chi connectivity index (χ0n) is 11.9. The molecular formula is C15H17N3O3. The number of benzene rings is 1. The molecule has 0 bridgehead atoms. The van der Waals surface area contributed by atoms with E-state index in [0.717, 1.165) is 24.3 Å². The van der Waals surface area contributed by atoms with Crippen LogP contribution in [0.4, 0.5) is 0 Å². The Morgan fingerprint density at radius 1 is 1.52 bits per heavy atom. The molecule has 21 heavy (non-hydrogen) atoms. The van der Waals surface area contributed by atoms with E-state index in [2.05, 4.69) is 10.1 Å². The molecule has 1 aromatic heterocycles. The lowest BCUT2D eigenvalue weighted by atomic mass is 10.1. The highest BCUT2D eigenvalue weighted by molar-refractivity contribution is 5.79. The number of methoxy groups -OCH3 is 1. The highest BCUT2D eigenvalue weighted by atomic mass is 16.5. The Kier molecular flexibility index (Phi) is 3.85. The summed E-state index contributed by atoms with van der Waals surface area (Å²) < 4.78 is 9.94. The number of likely N-dealkylation sites (tertiary alicyclic amines) is 1. The average Bonchev–Trinajstić information content (AvgIpc) is 3.18. The Morgan fingerprint density at radius 2 is 2.43 bits per heavy atom. The van der Waals surface area contributed by atoms with Gasteiger partial charge in [-0.2, -0.15) is 4.98 Å². The fourth-order valence-electron chi connectivity index (χ4n) is 2.63. The number of carbonyl (C=O) groups excluding carboxylic acids is 1. The molecule has 0 spiro atoms. The van der Waals surface area contributed by atoms with Gasteiger partial charge in [0.15, 0.2) is 5.82 Å². The Morgan fingerprint density at radius 3 is 3.19 bits per heavy atom. The summed E-state index contributed by atoms with van der Waals surface area (Å²) in [5, 5.41) is 3.86. The maximum Gasteiger partial charge on any atom is 0.227 e. The molecule has 6 nitrogen and oxygen atoms in total. The van der Waals surface area contributed by atoms with Crippen molar-refractivity contribution < 1.29 is 14.1 Å². The highest BCUT2D eigenvalue weighted by Gasteiger charge is 2.29. The summed E-state index contributed by atoms with van der Waals surface area (Å²) >= 11 is 0. The van der Waals surface area contributed by atoms with Crippen molar-refractivity contribution in [2.75, 3.05) is 20.2 Å². The van der Waals surface area contributed by atoms with Crippen molar-refractivity contribution in [1.82, 2.24) is 15.0 Å². The minimum absolute atomic E-state index is 0.120. The van der Waals surface area contributed by atoms with Crippen molar-refractivity contribution in [2.24, 2.45) is 0 Å². The normalized spacial score (nSPS) is 18.0. The minimum atomic E-state index is 0.120. The summed E-state index contributed by atoms with van der Waals surface area (Å²) in [5.74, 6) is 1.75. The monoisotopic (exact) mass is 287 g/mol. The molecule has 3 rings (SSSR count). The lowest BCUT2D eigenvalue weighted by Crippen LogP contribution is -2.30. The van der Waals surface area contributed by atoms with Crippen LogP contribution in [0, 0.1) is 0 Å². The van der Waals surface area contributed by atoms with E-state index >= 15 is 0 Å². The van der Waals surface area contributed by atoms with Crippen LogP contribution < -0.4 is 4.74 Å². The zero-order valence-corrected chi connectivity index (χ0v) is 11.9. The quantitative estimate of drug-likeness (QED) is 0.855. The van der Waals surface area contributed by atoms with E-state index in [1.807, 2.05) is 29.2 Å². The van der Waals surface area contributed by atoms with Gasteiger partial charge in [-0.15, -0.1) is 0 Å². The van der Waals surface area contributed by atoms with E-state index in [9.17, 15) is 4.79 Å². The van der Waals surface area contributed by atoms with Crippen LogP contribution in [-0.2, 0) is 11.2 Å². The second kappa shape index (κ2) is 5.95. The molecule has 0 radical (unpaired) electrons. The predicted molar refractivity (Wildman–Crippen MR) is 74.9 cm³/mol. The van der Waals surface area contributed by atoms with Crippen molar-refractivity contribution in [1.29, 1.82) is 0 Å². The van der Waals surface area contributed by atoms with Gasteiger partial charge in [0.1, 0.15) is 5.75 Å². The average molecular weight is 287 g/mol. The molecule has 2 heterocycles. The molecule has 1 saturated heterocycles. The first-order chi connectivity index (χ1) is 10.3. The Hall–Kier alpha value is -2.37. The van der Waals surface area contributed by atoms with Gasteiger partial charge < -0.3 is 14.2 Å². The summed E-state index contributed by atoms with van der Waals surface area (Å²) in [6.07, 6.45) is 2.59. The third kappa shape index (κ3) is 3.04. The van der Waals surface area contributed by atoms with Gasteiger partial charge in [0.2, 0.25) is 12.3 Å². The van der Waals surface area contributed by atoms with Gasteiger partial charge in [-0.05, 0) is 24.1 Å². The van der Waals surface area contributed by atoms with E-state index in [0.29, 0.717) is 18.8 Å². The molecule has 1 aliphatic heterocycles. The van der Waals surface area contributed by atoms with Crippen LogP contribution >= 0.6 is 0 Å². The Bertz CT molecular complexity index is 612. The first kappa shape index (κ1) is 13.6. The maximum absolute atomic E-state index is 12.4. The van der Waals surface area contributed by atoms with Crippen LogP contribution in [0.25, 0.3) is 0 Å². The second-order valence-corrected chi connectivity index (χ2v) is 5.14. The van der Waals surface area contributed by atoms with E-state index in [4.69, 9.17) is 9.26 Å². The summed E-state index contributed by atoms with van der Waals surface area (Å²) in [7, 11) is 1.62. The molecule has 110 valence electrons. The number of hydrogen-bond donors (Lipinski definition) is 0. The number of carbonyl (C=O) groups is 1. The van der Waals surface area contributed by atoms with Crippen molar-refractivity contribution >= 4 is 5.91 Å². The topological polar surface area (TPSA) is 68.5 Å². The lowest BCUT2D eigenvalue weighted by molar-refractivity contribution is -0.129. The summed E-state index contributed by atoms with van der Waals surface area (Å²) in [5.41, 5.74) is 0.961. The van der Waals surface area contributed by atoms with Gasteiger partial charge in [0.25, 0.3) is 0 Å². The van der Waals surface area contributed by atoms with Crippen LogP contribution in [0.3, 0.4) is 0 Å². The van der Waals surface area contributed by atoms with E-state index in [1.165, 1.54) is 6.39 Å². The van der Waals surface area contributed by atoms with Gasteiger partial charge in [-0.3, -0.25) is 4.79 Å². The van der Waals surface area contributed by atoms with Gasteiger partial charge in [0.05, 0.1) is 13.5 Å². The van der Waals surface area contributed by atoms with Crippen molar-refractivity contribution in [3.63, 3.8) is 0 Å². The van der Waals surface area contributed by atoms with Gasteiger partial charge in [0, 0.05) is 19.0 Å². The van der Waals surface area contributed by atoms with Gasteiger partial charge in [-0.25, -0.2) is 0 Å². The van der Waals surface area contributed by atoms with E-state index in [-0.39, 0.29) is 11.8 Å². The molecule has 1 unspecified atom stereocenters. The van der Waals surface area contributed by atoms with E-state index < -0.39 is 0 Å². The standard InChI is InChI=1S/C15H17N3O3/c1-20-13-4-2-3-11(7-13)8-14(19)18-6-5-12(9-18)15-16-10-21-17-15/h2-4,7,10,12H,5-6,8-9H2,1H3. The molecule has 1 aromatic carbocycles. The predicted octanol–water partition coefficient (Wildman–Crippen LogP) is 1.64. The van der Waals surface area contributed by atoms with Crippen LogP contribution in [-0.4, -0.2) is 41.1 Å². The fraction of sp³-hybridized carbons (Fsp3) is 0.400. The molecule has 1 atom stereocenters. The number of rotatable bonds is 4. The molecule has 1 fully saturated rings. The molecule has 6 heteroatoms. The van der Waals surface area contributed by atoms with E-state index in [1.54, 1.807) is 7.11 Å². The third-order valence-corrected chi connectivity index (χ3v) is 3.77. The minimum Gasteiger partial charge on any atom is -0.497 e. The SMILES string of the molecule is COc1cccc(CC(=O)N2CCC(c3ncon3)C2)c1. The smallest absolute Gasteiger partial charge is 0.227 e. The molecule has 1 aliphatic rings. The first-order valence-corrected chi connectivity index (χ1v) is 6.93. The number of amides is 1. The highest BCUT2D eigenvalue weighted by Crippen LogP contribution is 2.25. The largest absolute Gasteiger partial charge is 0.497 e. The molecule has 0 saturated carbocycles. The number of aromatic nitrogens is 2. The summed E-state index contributed by atoms with van der Waals surface area (Å²) in [6.45, 7) is 1.39. The number of ether oxygens (including phenoxy) is 1. The summed E-state index contributed by atoms with van der Waals surface area (Å²) in [6, 6.07) is 7.60. The Balaban J connectivity index is 1.61. The first-order valence-electron chi connectivity index (χ1n) is 6.93. The lowest BCUT2D eigenvalue weighted by Gasteiger charge is -2.16. The summed E-state index contributed by atoms with van der Waals surface area (Å²) in [4.78, 5) is 18.3. The van der Waals surface area contributed by atoms with Crippen LogP contribution in [0.2, 0.25) is 0 Å². The van der Waals surface area contributed by atoms with Crippen molar-refractivity contribution in [3.8, 4) is 5.75 Å². The fourth-order valence-corrected chi connectivity index (χ4v) is 2.63. The molecular weight excluding hydrogens is 270 g/mol. The molecule has 2 aromatic rings. The number of nitrogens with zero attached hydrogens (tertiary/aromatic N) is 3. The van der Waals surface area contributed by atoms with Crippen LogP contribution in [0.1, 0.15) is 23.7 Å². The van der Waals surface area contributed by atoms with Crippen molar-refractivity contribution in [3.05, 3.63) is 42.0 Å². The third-order valence-electron chi connectivity index (χ3n) is 3.77. The van der Waals surface area contributed by atoms with Crippen LogP contribution in [0.15, 0.2) is 35.2 Å². The molecule has 1 amide bonds. The maximum atomic E-state index is 12.4. The van der Waals surface area contributed by atoms with Gasteiger partial charge in [-0.1, -0.05) is 17.3 Å². The Labute approximate surface area is 122 Å². The molecule has 0 N–H and O–H groups in total.